The van der Waals surface area contributed by atoms with Crippen LogP contribution < -0.4 is 24.2 Å². The molecule has 2 aliphatic heterocycles. The Morgan fingerprint density at radius 1 is 1.04 bits per heavy atom. The van der Waals surface area contributed by atoms with Crippen molar-refractivity contribution in [3.8, 4) is 28.8 Å². The zero-order chi connectivity index (χ0) is 36.8. The first-order valence-electron chi connectivity index (χ1n) is 17.7. The van der Waals surface area contributed by atoms with E-state index in [1.165, 1.54) is 4.90 Å². The molecule has 3 heterocycles. The van der Waals surface area contributed by atoms with Gasteiger partial charge in [-0.25, -0.2) is 18.2 Å². The highest BCUT2D eigenvalue weighted by Crippen LogP contribution is 2.46. The van der Waals surface area contributed by atoms with Gasteiger partial charge in [0.15, 0.2) is 5.82 Å². The fourth-order valence-corrected chi connectivity index (χ4v) is 8.48. The van der Waals surface area contributed by atoms with Crippen molar-refractivity contribution < 1.29 is 37.0 Å². The van der Waals surface area contributed by atoms with Gasteiger partial charge < -0.3 is 29.3 Å². The van der Waals surface area contributed by atoms with Crippen molar-refractivity contribution >= 4 is 38.8 Å². The lowest BCUT2D eigenvalue weighted by molar-refractivity contribution is -0.131. The number of aromatic nitrogens is 2. The molecule has 14 nitrogen and oxygen atoms in total. The van der Waals surface area contributed by atoms with Gasteiger partial charge in [0.1, 0.15) is 29.2 Å². The molecule has 276 valence electrons. The summed E-state index contributed by atoms with van der Waals surface area (Å²) < 4.78 is 45.3. The molecule has 0 unspecified atom stereocenters. The number of aryl methyl sites for hydroxylation is 1. The maximum atomic E-state index is 14.2. The Morgan fingerprint density at radius 2 is 1.81 bits per heavy atom. The van der Waals surface area contributed by atoms with E-state index in [0.717, 1.165) is 30.4 Å². The van der Waals surface area contributed by atoms with Gasteiger partial charge in [0.25, 0.3) is 5.91 Å². The molecule has 3 fully saturated rings. The second-order valence-corrected chi connectivity index (χ2v) is 16.0. The summed E-state index contributed by atoms with van der Waals surface area (Å²) in [6, 6.07) is 9.65. The van der Waals surface area contributed by atoms with Crippen LogP contribution in [0.3, 0.4) is 0 Å². The third-order valence-corrected chi connectivity index (χ3v) is 12.3. The summed E-state index contributed by atoms with van der Waals surface area (Å²) in [5.74, 6) is 0.351. The first-order valence-corrected chi connectivity index (χ1v) is 19.2. The average Bonchev–Trinajstić information content (AvgIpc) is 4.06. The topological polar surface area (TPSA) is 169 Å². The van der Waals surface area contributed by atoms with Gasteiger partial charge in [-0.1, -0.05) is 12.2 Å². The molecule has 3 aromatic rings. The van der Waals surface area contributed by atoms with Crippen molar-refractivity contribution in [2.75, 3.05) is 34.4 Å². The van der Waals surface area contributed by atoms with Gasteiger partial charge >= 0.3 is 6.03 Å². The molecule has 15 heteroatoms. The molecule has 2 aromatic carbocycles. The van der Waals surface area contributed by atoms with Gasteiger partial charge in [-0.2, -0.15) is 4.98 Å². The minimum Gasteiger partial charge on any atom is -0.497 e. The van der Waals surface area contributed by atoms with Crippen molar-refractivity contribution in [1.29, 1.82) is 0 Å². The fraction of sp³-hybridized carbons (Fsp3) is 0.486. The van der Waals surface area contributed by atoms with Crippen molar-refractivity contribution in [2.45, 2.75) is 74.8 Å². The molecule has 4 amide bonds. The van der Waals surface area contributed by atoms with E-state index in [4.69, 9.17) is 24.2 Å². The number of carbonyl (C=O) groups is 3. The number of amides is 4. The van der Waals surface area contributed by atoms with E-state index < -0.39 is 44.8 Å². The number of hydrogen-bond donors (Lipinski definition) is 2. The second-order valence-electron chi connectivity index (χ2n) is 14.1. The summed E-state index contributed by atoms with van der Waals surface area (Å²) in [6.07, 6.45) is 6.85. The van der Waals surface area contributed by atoms with E-state index in [-0.39, 0.29) is 37.2 Å². The number of rotatable bonds is 8. The molecule has 52 heavy (non-hydrogen) atoms. The second kappa shape index (κ2) is 13.9. The maximum absolute atomic E-state index is 14.2. The molecule has 0 radical (unpaired) electrons. The Bertz CT molecular complexity index is 2040. The molecule has 2 saturated carbocycles. The number of nitrogens with zero attached hydrogens (tertiary/aromatic N) is 4. The lowest BCUT2D eigenvalue weighted by Gasteiger charge is -2.30. The molecule has 0 bridgehead atoms. The van der Waals surface area contributed by atoms with Crippen molar-refractivity contribution in [1.82, 2.24) is 29.8 Å². The monoisotopic (exact) mass is 732 g/mol. The van der Waals surface area contributed by atoms with E-state index in [1.54, 1.807) is 26.2 Å². The Hall–Kier alpha value is -4.92. The zero-order valence-electron chi connectivity index (χ0n) is 29.8. The van der Waals surface area contributed by atoms with E-state index in [9.17, 15) is 22.8 Å². The van der Waals surface area contributed by atoms with Gasteiger partial charge in [0.2, 0.25) is 21.8 Å². The maximum Gasteiger partial charge on any atom is 0.320 e. The van der Waals surface area contributed by atoms with E-state index >= 15 is 0 Å². The molecule has 2 aliphatic carbocycles. The summed E-state index contributed by atoms with van der Waals surface area (Å²) in [5, 5.41) is 2.94. The lowest BCUT2D eigenvalue weighted by atomic mass is 10.1. The number of benzene rings is 2. The van der Waals surface area contributed by atoms with Gasteiger partial charge in [0, 0.05) is 37.1 Å². The van der Waals surface area contributed by atoms with Crippen LogP contribution in [0.25, 0.3) is 22.3 Å². The van der Waals surface area contributed by atoms with Crippen LogP contribution in [-0.2, 0) is 19.6 Å². The minimum atomic E-state index is -3.85. The highest BCUT2D eigenvalue weighted by atomic mass is 32.2. The number of fused-ring (bicyclic) bond motifs is 3. The third kappa shape index (κ3) is 6.85. The van der Waals surface area contributed by atoms with Crippen LogP contribution in [-0.4, -0.2) is 103 Å². The molecule has 2 N–H and O–H groups in total. The largest absolute Gasteiger partial charge is 0.497 e. The Morgan fingerprint density at radius 3 is 2.52 bits per heavy atom. The van der Waals surface area contributed by atoms with Crippen LogP contribution in [0.4, 0.5) is 4.79 Å². The van der Waals surface area contributed by atoms with E-state index in [1.807, 2.05) is 55.5 Å². The SMILES string of the molecule is COc1ccc(-c2nc(O[C@@H]3C[C@H]4C(=O)N[C@]5(C(=O)NS(=O)(=O)C6CC6)C[C@@H]5/C=C\CCCCN(C)C(=O)N4C3)c3ccc(OC)c(C)c3n2)cc1. The lowest BCUT2D eigenvalue weighted by Crippen LogP contribution is -2.57. The molecule has 1 aromatic heterocycles. The van der Waals surface area contributed by atoms with Crippen LogP contribution in [0, 0.1) is 12.8 Å². The van der Waals surface area contributed by atoms with Crippen molar-refractivity contribution in [2.24, 2.45) is 5.92 Å². The first kappa shape index (κ1) is 35.5. The van der Waals surface area contributed by atoms with Crippen LogP contribution in [0.5, 0.6) is 17.4 Å². The highest BCUT2D eigenvalue weighted by molar-refractivity contribution is 7.91. The Kier molecular flexibility index (Phi) is 9.48. The Labute approximate surface area is 302 Å². The number of methoxy groups -OCH3 is 2. The summed E-state index contributed by atoms with van der Waals surface area (Å²) in [5.41, 5.74) is 0.713. The van der Waals surface area contributed by atoms with Crippen LogP contribution >= 0.6 is 0 Å². The fourth-order valence-electron chi connectivity index (χ4n) is 7.12. The molecule has 1 saturated heterocycles. The van der Waals surface area contributed by atoms with Gasteiger partial charge in [-0.05, 0) is 81.8 Å². The standard InChI is InChI=1S/C37H44N6O8S/c1-22-30(50-4)17-16-28-31(22)38-32(23-10-12-25(49-3)13-11-23)39-34(28)51-26-19-29-33(44)40-37(35(45)41-52(47,48)27-14-15-27)20-24(37)9-7-5-6-8-18-42(2)36(46)43(29)21-26/h7,9-13,16-17,24,26-27,29H,5-6,8,14-15,18-21H2,1-4H3,(H,40,44)(H,41,45)/b9-7-/t24-,26+,29-,37+/m0/s1. The van der Waals surface area contributed by atoms with Crippen LogP contribution in [0.2, 0.25) is 0 Å². The van der Waals surface area contributed by atoms with Gasteiger partial charge in [-0.15, -0.1) is 0 Å². The van der Waals surface area contributed by atoms with Crippen LogP contribution in [0.1, 0.15) is 50.5 Å². The summed E-state index contributed by atoms with van der Waals surface area (Å²) >= 11 is 0. The quantitative estimate of drug-likeness (QED) is 0.326. The number of sulfonamides is 1. The number of nitrogens with one attached hydrogen (secondary N) is 2. The molecule has 4 atom stereocenters. The zero-order valence-corrected chi connectivity index (χ0v) is 30.6. The molecule has 4 aliphatic rings. The van der Waals surface area contributed by atoms with Crippen LogP contribution in [0.15, 0.2) is 48.6 Å². The minimum absolute atomic E-state index is 0.0817. The normalized spacial score (nSPS) is 25.7. The predicted octanol–water partition coefficient (Wildman–Crippen LogP) is 3.72. The van der Waals surface area contributed by atoms with Gasteiger partial charge in [0.05, 0.1) is 36.9 Å². The van der Waals surface area contributed by atoms with E-state index in [0.29, 0.717) is 47.6 Å². The third-order valence-electron chi connectivity index (χ3n) is 10.5. The highest BCUT2D eigenvalue weighted by Gasteiger charge is 2.62. The number of carbonyl (C=O) groups excluding carboxylic acids is 3. The predicted molar refractivity (Wildman–Crippen MR) is 192 cm³/mol. The number of urea groups is 1. The smallest absolute Gasteiger partial charge is 0.320 e. The summed E-state index contributed by atoms with van der Waals surface area (Å²) in [6.45, 7) is 2.49. The molecular formula is C37H44N6O8S. The molecule has 7 rings (SSSR count). The molecular weight excluding hydrogens is 689 g/mol. The van der Waals surface area contributed by atoms with Gasteiger partial charge in [-0.3, -0.25) is 14.3 Å². The van der Waals surface area contributed by atoms with Crippen molar-refractivity contribution in [3.05, 3.63) is 54.1 Å². The summed E-state index contributed by atoms with van der Waals surface area (Å²) in [7, 11) is 1.04. The number of hydrogen-bond acceptors (Lipinski definition) is 10. The average molecular weight is 733 g/mol. The Balaban J connectivity index is 1.21. The van der Waals surface area contributed by atoms with Crippen molar-refractivity contribution in [3.63, 3.8) is 0 Å². The number of allylic oxidation sites excluding steroid dienone is 1. The van der Waals surface area contributed by atoms with E-state index in [2.05, 4.69) is 10.0 Å². The molecule has 0 spiro atoms. The summed E-state index contributed by atoms with van der Waals surface area (Å²) in [4.78, 5) is 54.5. The number of ether oxygens (including phenoxy) is 3. The first-order chi connectivity index (χ1) is 24.9.